The number of Topliss-reactive ketones (excluding diaryl/α,β-unsaturated/α-hetero) is 1. The summed E-state index contributed by atoms with van der Waals surface area (Å²) in [6.45, 7) is 7.23. The SMILES string of the molecule is CN1CCC(CCN2CCCC(C(=O)Cc3ccc4c5c(cccc35)C(=O)N4CCC3CCN(S(C)(=O)=O)CC3)C2)CC1. The summed E-state index contributed by atoms with van der Waals surface area (Å²) in [5, 5.41) is 2.00. The molecule has 2 aromatic rings. The van der Waals surface area contributed by atoms with E-state index in [4.69, 9.17) is 0 Å². The zero-order valence-electron chi connectivity index (χ0n) is 26.0. The minimum atomic E-state index is -3.14. The first kappa shape index (κ1) is 30.7. The molecule has 0 saturated carbocycles. The number of ketones is 1. The van der Waals surface area contributed by atoms with Gasteiger partial charge in [0.2, 0.25) is 10.0 Å². The first-order valence-corrected chi connectivity index (χ1v) is 18.3. The van der Waals surface area contributed by atoms with Crippen molar-refractivity contribution >= 4 is 38.2 Å². The molecule has 0 radical (unpaired) electrons. The van der Waals surface area contributed by atoms with Crippen LogP contribution in [0.1, 0.15) is 67.3 Å². The van der Waals surface area contributed by atoms with Crippen molar-refractivity contribution in [3.05, 3.63) is 41.5 Å². The number of hydrogen-bond acceptors (Lipinski definition) is 6. The lowest BCUT2D eigenvalue weighted by Crippen LogP contribution is -2.40. The van der Waals surface area contributed by atoms with Gasteiger partial charge in [0.05, 0.1) is 11.9 Å². The summed E-state index contributed by atoms with van der Waals surface area (Å²) < 4.78 is 25.3. The Morgan fingerprint density at radius 2 is 1.58 bits per heavy atom. The molecule has 2 aromatic carbocycles. The number of hydrogen-bond donors (Lipinski definition) is 0. The van der Waals surface area contributed by atoms with Crippen molar-refractivity contribution in [2.24, 2.45) is 17.8 Å². The van der Waals surface area contributed by atoms with Crippen molar-refractivity contribution in [3.8, 4) is 0 Å². The van der Waals surface area contributed by atoms with Gasteiger partial charge in [0.25, 0.3) is 5.91 Å². The number of nitrogens with zero attached hydrogens (tertiary/aromatic N) is 4. The summed E-state index contributed by atoms with van der Waals surface area (Å²) in [5.74, 6) is 1.66. The third kappa shape index (κ3) is 6.85. The Balaban J connectivity index is 1.08. The summed E-state index contributed by atoms with van der Waals surface area (Å²) in [6, 6.07) is 10.0. The Morgan fingerprint density at radius 3 is 2.30 bits per heavy atom. The fourth-order valence-electron chi connectivity index (χ4n) is 7.89. The van der Waals surface area contributed by atoms with Crippen molar-refractivity contribution in [3.63, 3.8) is 0 Å². The maximum absolute atomic E-state index is 13.6. The molecule has 6 rings (SSSR count). The van der Waals surface area contributed by atoms with Gasteiger partial charge in [-0.25, -0.2) is 12.7 Å². The molecular weight excluding hydrogens is 560 g/mol. The van der Waals surface area contributed by atoms with Crippen LogP contribution in [0.25, 0.3) is 10.8 Å². The Morgan fingerprint density at radius 1 is 0.884 bits per heavy atom. The molecule has 0 aliphatic carbocycles. The fourth-order valence-corrected chi connectivity index (χ4v) is 8.77. The standard InChI is InChI=1S/C34H48N4O4S/c1-35-17-10-25(11-18-35)12-19-36-16-4-5-28(24-36)32(39)23-27-8-9-31-33-29(27)6-3-7-30(33)34(40)38(31)22-15-26-13-20-37(21-14-26)43(2,41)42/h3,6-9,25-26,28H,4-5,10-24H2,1-2H3. The largest absolute Gasteiger partial charge is 0.308 e. The minimum absolute atomic E-state index is 0.0326. The number of piperidine rings is 3. The van der Waals surface area contributed by atoms with E-state index in [0.717, 1.165) is 85.2 Å². The Labute approximate surface area is 257 Å². The van der Waals surface area contributed by atoms with E-state index < -0.39 is 10.0 Å². The van der Waals surface area contributed by atoms with Gasteiger partial charge in [0.15, 0.2) is 0 Å². The highest BCUT2D eigenvalue weighted by molar-refractivity contribution is 7.88. The number of rotatable bonds is 10. The predicted molar refractivity (Wildman–Crippen MR) is 172 cm³/mol. The number of likely N-dealkylation sites (tertiary alicyclic amines) is 2. The molecule has 1 unspecified atom stereocenters. The molecule has 8 nitrogen and oxygen atoms in total. The average molecular weight is 609 g/mol. The summed E-state index contributed by atoms with van der Waals surface area (Å²) >= 11 is 0. The van der Waals surface area contributed by atoms with E-state index >= 15 is 0 Å². The molecule has 9 heteroatoms. The maximum Gasteiger partial charge on any atom is 0.258 e. The minimum Gasteiger partial charge on any atom is -0.308 e. The molecule has 4 aliphatic rings. The van der Waals surface area contributed by atoms with Crippen molar-refractivity contribution in [2.75, 3.05) is 70.6 Å². The molecule has 3 fully saturated rings. The van der Waals surface area contributed by atoms with Crippen molar-refractivity contribution in [2.45, 2.75) is 57.8 Å². The summed E-state index contributed by atoms with van der Waals surface area (Å²) in [4.78, 5) is 34.0. The van der Waals surface area contributed by atoms with E-state index in [0.29, 0.717) is 37.8 Å². The van der Waals surface area contributed by atoms with Gasteiger partial charge in [-0.05, 0) is 120 Å². The van der Waals surface area contributed by atoms with Crippen LogP contribution in [-0.4, -0.2) is 99.9 Å². The highest BCUT2D eigenvalue weighted by Crippen LogP contribution is 2.40. The zero-order valence-corrected chi connectivity index (χ0v) is 26.8. The highest BCUT2D eigenvalue weighted by atomic mass is 32.2. The van der Waals surface area contributed by atoms with Crippen LogP contribution in [0.15, 0.2) is 30.3 Å². The maximum atomic E-state index is 13.6. The first-order valence-electron chi connectivity index (χ1n) is 16.4. The summed E-state index contributed by atoms with van der Waals surface area (Å²) in [6.07, 6.45) is 10.1. The summed E-state index contributed by atoms with van der Waals surface area (Å²) in [7, 11) is -0.930. The van der Waals surface area contributed by atoms with Gasteiger partial charge >= 0.3 is 0 Å². The second-order valence-electron chi connectivity index (χ2n) is 13.6. The number of carbonyl (C=O) groups excluding carboxylic acids is 2. The molecule has 0 N–H and O–H groups in total. The van der Waals surface area contributed by atoms with Crippen LogP contribution in [0, 0.1) is 17.8 Å². The van der Waals surface area contributed by atoms with Crippen LogP contribution >= 0.6 is 0 Å². The molecule has 0 bridgehead atoms. The van der Waals surface area contributed by atoms with E-state index in [1.54, 1.807) is 4.31 Å². The molecule has 1 amide bonds. The van der Waals surface area contributed by atoms with E-state index in [1.165, 1.54) is 38.6 Å². The van der Waals surface area contributed by atoms with Gasteiger partial charge in [-0.15, -0.1) is 0 Å². The Hall–Kier alpha value is -2.33. The van der Waals surface area contributed by atoms with Crippen molar-refractivity contribution in [1.29, 1.82) is 0 Å². The second-order valence-corrected chi connectivity index (χ2v) is 15.6. The number of carbonyl (C=O) groups is 2. The number of anilines is 1. The van der Waals surface area contributed by atoms with Crippen LogP contribution in [0.3, 0.4) is 0 Å². The quantitative estimate of drug-likeness (QED) is 0.398. The second kappa shape index (κ2) is 13.0. The molecule has 0 spiro atoms. The molecular formula is C34H48N4O4S. The van der Waals surface area contributed by atoms with Crippen molar-refractivity contribution in [1.82, 2.24) is 14.1 Å². The van der Waals surface area contributed by atoms with Crippen LogP contribution in [0.2, 0.25) is 0 Å². The number of amides is 1. The number of sulfonamides is 1. The molecule has 3 saturated heterocycles. The molecule has 43 heavy (non-hydrogen) atoms. The van der Waals surface area contributed by atoms with Gasteiger partial charge < -0.3 is 14.7 Å². The smallest absolute Gasteiger partial charge is 0.258 e. The normalized spacial score (nSPS) is 23.4. The summed E-state index contributed by atoms with van der Waals surface area (Å²) in [5.41, 5.74) is 2.70. The Kier molecular flexibility index (Phi) is 9.24. The van der Waals surface area contributed by atoms with Crippen LogP contribution in [0.4, 0.5) is 5.69 Å². The zero-order chi connectivity index (χ0) is 30.1. The lowest BCUT2D eigenvalue weighted by Gasteiger charge is -2.34. The van der Waals surface area contributed by atoms with E-state index in [-0.39, 0.29) is 11.8 Å². The Bertz CT molecular complexity index is 1440. The average Bonchev–Trinajstić information content (AvgIpc) is 3.28. The first-order chi connectivity index (χ1) is 20.7. The van der Waals surface area contributed by atoms with Crippen LogP contribution in [-0.2, 0) is 21.2 Å². The highest BCUT2D eigenvalue weighted by Gasteiger charge is 2.33. The molecule has 1 atom stereocenters. The van der Waals surface area contributed by atoms with Crippen LogP contribution in [0.5, 0.6) is 0 Å². The van der Waals surface area contributed by atoms with Gasteiger partial charge in [-0.1, -0.05) is 18.2 Å². The lowest BCUT2D eigenvalue weighted by atomic mass is 9.88. The van der Waals surface area contributed by atoms with Gasteiger partial charge in [-0.2, -0.15) is 0 Å². The van der Waals surface area contributed by atoms with E-state index in [1.807, 2.05) is 23.1 Å². The monoisotopic (exact) mass is 608 g/mol. The number of benzene rings is 2. The van der Waals surface area contributed by atoms with E-state index in [2.05, 4.69) is 29.0 Å². The predicted octanol–water partition coefficient (Wildman–Crippen LogP) is 4.42. The third-order valence-corrected chi connectivity index (χ3v) is 12.0. The van der Waals surface area contributed by atoms with Gasteiger partial charge in [0, 0.05) is 49.5 Å². The van der Waals surface area contributed by atoms with Crippen LogP contribution < -0.4 is 4.90 Å². The van der Waals surface area contributed by atoms with Gasteiger partial charge in [0.1, 0.15) is 5.78 Å². The topological polar surface area (TPSA) is 81.2 Å². The molecule has 4 heterocycles. The van der Waals surface area contributed by atoms with E-state index in [9.17, 15) is 18.0 Å². The lowest BCUT2D eigenvalue weighted by molar-refractivity contribution is -0.123. The molecule has 4 aliphatic heterocycles. The van der Waals surface area contributed by atoms with Gasteiger partial charge in [-0.3, -0.25) is 9.59 Å². The molecule has 234 valence electrons. The third-order valence-electron chi connectivity index (χ3n) is 10.7. The molecule has 0 aromatic heterocycles. The fraction of sp³-hybridized carbons (Fsp3) is 0.647. The van der Waals surface area contributed by atoms with Crippen molar-refractivity contribution < 1.29 is 18.0 Å².